The third-order valence-corrected chi connectivity index (χ3v) is 2.19. The molecule has 2 heterocycles. The molecule has 3 N–H and O–H groups in total. The quantitative estimate of drug-likeness (QED) is 0.625. The molecule has 0 atom stereocenters. The van der Waals surface area contributed by atoms with Crippen molar-refractivity contribution in [2.75, 3.05) is 18.8 Å². The fourth-order valence-corrected chi connectivity index (χ4v) is 1.51. The van der Waals surface area contributed by atoms with Gasteiger partial charge in [0.25, 0.3) is 0 Å². The van der Waals surface area contributed by atoms with Gasteiger partial charge >= 0.3 is 0 Å². The predicted octanol–water partition coefficient (Wildman–Crippen LogP) is 0.361. The van der Waals surface area contributed by atoms with Gasteiger partial charge < -0.3 is 11.1 Å². The summed E-state index contributed by atoms with van der Waals surface area (Å²) in [6, 6.07) is 1.84. The number of aromatic nitrogens is 2. The first-order valence-electron chi connectivity index (χ1n) is 4.88. The van der Waals surface area contributed by atoms with Crippen molar-refractivity contribution in [2.24, 2.45) is 4.99 Å². The second kappa shape index (κ2) is 3.69. The Kier molecular flexibility index (Phi) is 2.39. The lowest BCUT2D eigenvalue weighted by Gasteiger charge is -2.07. The van der Waals surface area contributed by atoms with E-state index in [0.717, 1.165) is 37.6 Å². The molecule has 1 aliphatic heterocycles. The molecule has 0 amide bonds. The highest BCUT2D eigenvalue weighted by Crippen LogP contribution is 2.05. The Morgan fingerprint density at radius 3 is 3.07 bits per heavy atom. The lowest BCUT2D eigenvalue weighted by atomic mass is 10.3. The molecule has 2 rings (SSSR count). The van der Waals surface area contributed by atoms with Crippen molar-refractivity contribution in [1.82, 2.24) is 15.1 Å². The van der Waals surface area contributed by atoms with Crippen molar-refractivity contribution >= 4 is 11.8 Å². The molecule has 5 nitrogen and oxygen atoms in total. The molecule has 0 aliphatic carbocycles. The van der Waals surface area contributed by atoms with E-state index in [1.54, 1.807) is 4.68 Å². The van der Waals surface area contributed by atoms with E-state index in [9.17, 15) is 0 Å². The van der Waals surface area contributed by atoms with E-state index in [2.05, 4.69) is 15.4 Å². The SMILES string of the molecule is Cc1cc(N)n(C2=NCCCCN2)n1. The fourth-order valence-electron chi connectivity index (χ4n) is 1.51. The molecule has 5 heteroatoms. The molecule has 0 saturated heterocycles. The number of nitrogens with one attached hydrogen (secondary N) is 1. The van der Waals surface area contributed by atoms with E-state index < -0.39 is 0 Å². The summed E-state index contributed by atoms with van der Waals surface area (Å²) < 4.78 is 1.67. The Hall–Kier alpha value is -1.52. The summed E-state index contributed by atoms with van der Waals surface area (Å²) in [6.45, 7) is 3.71. The highest BCUT2D eigenvalue weighted by Gasteiger charge is 2.09. The molecular formula is C9H15N5. The molecule has 0 radical (unpaired) electrons. The standard InChI is InChI=1S/C9H15N5/c1-7-6-8(10)14(13-7)9-11-4-2-3-5-12-9/h6H,2-5,10H2,1H3,(H,11,12). The maximum absolute atomic E-state index is 5.80. The number of aliphatic imine (C=N–C) groups is 1. The van der Waals surface area contributed by atoms with Crippen LogP contribution in [0.4, 0.5) is 5.82 Å². The smallest absolute Gasteiger partial charge is 0.221 e. The topological polar surface area (TPSA) is 68.2 Å². The molecule has 76 valence electrons. The number of aryl methyl sites for hydroxylation is 1. The van der Waals surface area contributed by atoms with Gasteiger partial charge in [-0.05, 0) is 19.8 Å². The molecule has 0 fully saturated rings. The lowest BCUT2D eigenvalue weighted by Crippen LogP contribution is -2.31. The number of nitrogens with two attached hydrogens (primary N) is 1. The Balaban J connectivity index is 2.28. The summed E-state index contributed by atoms with van der Waals surface area (Å²) in [7, 11) is 0. The third-order valence-electron chi connectivity index (χ3n) is 2.19. The van der Waals surface area contributed by atoms with Crippen LogP contribution in [0.2, 0.25) is 0 Å². The third kappa shape index (κ3) is 1.71. The summed E-state index contributed by atoms with van der Waals surface area (Å²) in [5.41, 5.74) is 6.72. The van der Waals surface area contributed by atoms with Crippen molar-refractivity contribution in [2.45, 2.75) is 19.8 Å². The van der Waals surface area contributed by atoms with E-state index in [1.165, 1.54) is 0 Å². The highest BCUT2D eigenvalue weighted by atomic mass is 15.4. The van der Waals surface area contributed by atoms with Crippen LogP contribution in [0.5, 0.6) is 0 Å². The van der Waals surface area contributed by atoms with Crippen molar-refractivity contribution < 1.29 is 0 Å². The molecule has 14 heavy (non-hydrogen) atoms. The summed E-state index contributed by atoms with van der Waals surface area (Å²) in [5, 5.41) is 7.50. The molecule has 0 unspecified atom stereocenters. The van der Waals surface area contributed by atoms with Gasteiger partial charge in [0.1, 0.15) is 5.82 Å². The second-order valence-electron chi connectivity index (χ2n) is 3.46. The molecule has 0 saturated carbocycles. The molecule has 0 aromatic carbocycles. The first-order chi connectivity index (χ1) is 6.77. The zero-order valence-electron chi connectivity index (χ0n) is 8.32. The molecule has 1 aromatic heterocycles. The van der Waals surface area contributed by atoms with Crippen LogP contribution in [0, 0.1) is 6.92 Å². The van der Waals surface area contributed by atoms with Crippen LogP contribution in [0.15, 0.2) is 11.1 Å². The summed E-state index contributed by atoms with van der Waals surface area (Å²) in [4.78, 5) is 4.39. The molecule has 1 aliphatic rings. The van der Waals surface area contributed by atoms with Gasteiger partial charge in [-0.3, -0.25) is 4.99 Å². The van der Waals surface area contributed by atoms with E-state index in [4.69, 9.17) is 5.73 Å². The maximum Gasteiger partial charge on any atom is 0.221 e. The van der Waals surface area contributed by atoms with Crippen LogP contribution >= 0.6 is 0 Å². The van der Waals surface area contributed by atoms with Crippen molar-refractivity contribution in [3.8, 4) is 0 Å². The molecule has 0 bridgehead atoms. The number of nitrogens with zero attached hydrogens (tertiary/aromatic N) is 3. The van der Waals surface area contributed by atoms with Gasteiger partial charge in [0, 0.05) is 19.2 Å². The van der Waals surface area contributed by atoms with Crippen molar-refractivity contribution in [3.05, 3.63) is 11.8 Å². The van der Waals surface area contributed by atoms with E-state index >= 15 is 0 Å². The minimum Gasteiger partial charge on any atom is -0.383 e. The van der Waals surface area contributed by atoms with Crippen LogP contribution in [-0.2, 0) is 0 Å². The zero-order valence-corrected chi connectivity index (χ0v) is 8.32. The number of nitrogen functional groups attached to an aromatic ring is 1. The minimum absolute atomic E-state index is 0.635. The second-order valence-corrected chi connectivity index (χ2v) is 3.46. The largest absolute Gasteiger partial charge is 0.383 e. The maximum atomic E-state index is 5.80. The minimum atomic E-state index is 0.635. The fraction of sp³-hybridized carbons (Fsp3) is 0.556. The number of anilines is 1. The van der Waals surface area contributed by atoms with Crippen molar-refractivity contribution in [1.29, 1.82) is 0 Å². The molecule has 1 aromatic rings. The van der Waals surface area contributed by atoms with Gasteiger partial charge in [0.15, 0.2) is 0 Å². The normalized spacial score (nSPS) is 17.1. The van der Waals surface area contributed by atoms with Crippen LogP contribution < -0.4 is 11.1 Å². The monoisotopic (exact) mass is 193 g/mol. The molecular weight excluding hydrogens is 178 g/mol. The number of rotatable bonds is 0. The van der Waals surface area contributed by atoms with E-state index in [-0.39, 0.29) is 0 Å². The van der Waals surface area contributed by atoms with Gasteiger partial charge in [0.05, 0.1) is 5.69 Å². The van der Waals surface area contributed by atoms with Crippen LogP contribution in [0.25, 0.3) is 0 Å². The Bertz CT molecular complexity index is 352. The highest BCUT2D eigenvalue weighted by molar-refractivity contribution is 5.84. The number of hydrogen-bond donors (Lipinski definition) is 2. The first-order valence-corrected chi connectivity index (χ1v) is 4.88. The van der Waals surface area contributed by atoms with Gasteiger partial charge in [-0.15, -0.1) is 0 Å². The predicted molar refractivity (Wildman–Crippen MR) is 56.3 cm³/mol. The summed E-state index contributed by atoms with van der Waals surface area (Å²) in [6.07, 6.45) is 2.27. The van der Waals surface area contributed by atoms with Crippen LogP contribution in [-0.4, -0.2) is 28.8 Å². The van der Waals surface area contributed by atoms with E-state index in [0.29, 0.717) is 5.82 Å². The molecule has 0 spiro atoms. The average molecular weight is 193 g/mol. The van der Waals surface area contributed by atoms with Crippen LogP contribution in [0.1, 0.15) is 18.5 Å². The average Bonchev–Trinajstić information content (AvgIpc) is 2.43. The van der Waals surface area contributed by atoms with E-state index in [1.807, 2.05) is 13.0 Å². The van der Waals surface area contributed by atoms with Gasteiger partial charge in [0.2, 0.25) is 5.96 Å². The Morgan fingerprint density at radius 2 is 2.36 bits per heavy atom. The van der Waals surface area contributed by atoms with Crippen molar-refractivity contribution in [3.63, 3.8) is 0 Å². The lowest BCUT2D eigenvalue weighted by molar-refractivity contribution is 0.742. The van der Waals surface area contributed by atoms with Gasteiger partial charge in [-0.1, -0.05) is 0 Å². The first kappa shape index (κ1) is 9.05. The Labute approximate surface area is 83.0 Å². The number of hydrogen-bond acceptors (Lipinski definition) is 4. The van der Waals surface area contributed by atoms with Gasteiger partial charge in [-0.25, -0.2) is 0 Å². The summed E-state index contributed by atoms with van der Waals surface area (Å²) in [5.74, 6) is 1.41. The Morgan fingerprint density at radius 1 is 1.50 bits per heavy atom. The van der Waals surface area contributed by atoms with Crippen LogP contribution in [0.3, 0.4) is 0 Å². The summed E-state index contributed by atoms with van der Waals surface area (Å²) >= 11 is 0. The van der Waals surface area contributed by atoms with Gasteiger partial charge in [-0.2, -0.15) is 9.78 Å². The zero-order chi connectivity index (χ0) is 9.97.